The molecule has 0 unspecified atom stereocenters. The lowest BCUT2D eigenvalue weighted by Gasteiger charge is -2.38. The van der Waals surface area contributed by atoms with Crippen molar-refractivity contribution in [3.63, 3.8) is 0 Å². The second-order valence-corrected chi connectivity index (χ2v) is 12.7. The van der Waals surface area contributed by atoms with Crippen molar-refractivity contribution in [1.82, 2.24) is 44.9 Å². The number of rotatable bonds is 20. The predicted octanol–water partition coefficient (Wildman–Crippen LogP) is 4.81. The van der Waals surface area contributed by atoms with E-state index in [2.05, 4.69) is 55.4 Å². The van der Waals surface area contributed by atoms with E-state index in [0.29, 0.717) is 53.4 Å². The summed E-state index contributed by atoms with van der Waals surface area (Å²) in [4.78, 5) is 11.3. The number of alkyl halides is 2. The molecule has 0 saturated heterocycles. The molecule has 2 N–H and O–H groups in total. The maximum absolute atomic E-state index is 12.5. The van der Waals surface area contributed by atoms with Crippen molar-refractivity contribution in [2.24, 2.45) is 0 Å². The van der Waals surface area contributed by atoms with Gasteiger partial charge < -0.3 is 24.6 Å². The van der Waals surface area contributed by atoms with Crippen LogP contribution >= 0.6 is 0 Å². The summed E-state index contributed by atoms with van der Waals surface area (Å²) >= 11 is 0. The highest BCUT2D eigenvalue weighted by Crippen LogP contribution is 2.35. The zero-order chi connectivity index (χ0) is 36.9. The highest BCUT2D eigenvalue weighted by molar-refractivity contribution is 5.67. The van der Waals surface area contributed by atoms with Gasteiger partial charge in [-0.25, -0.2) is 23.4 Å². The van der Waals surface area contributed by atoms with Gasteiger partial charge in [0.05, 0.1) is 44.2 Å². The van der Waals surface area contributed by atoms with Crippen molar-refractivity contribution in [2.45, 2.75) is 82.6 Å². The number of nitrogens with one attached hydrogen (secondary N) is 1. The predicted molar refractivity (Wildman–Crippen MR) is 187 cm³/mol. The number of nitrogens with zero attached hydrogens (tertiary/aromatic N) is 10. The van der Waals surface area contributed by atoms with Crippen molar-refractivity contribution < 1.29 is 28.1 Å². The summed E-state index contributed by atoms with van der Waals surface area (Å²) < 4.78 is 45.4. The van der Waals surface area contributed by atoms with Crippen molar-refractivity contribution in [2.75, 3.05) is 38.8 Å². The molecule has 3 heterocycles. The molecule has 2 atom stereocenters. The Bertz CT molecular complexity index is 1730. The maximum Gasteiger partial charge on any atom is 0.261 e. The monoisotopic (exact) mass is 721 g/mol. The average molecular weight is 722 g/mol. The molecule has 17 heteroatoms. The first-order valence-electron chi connectivity index (χ1n) is 17.3. The Labute approximate surface area is 301 Å². The summed E-state index contributed by atoms with van der Waals surface area (Å²) in [7, 11) is 2.06. The van der Waals surface area contributed by atoms with E-state index in [1.165, 1.54) is 6.33 Å². The van der Waals surface area contributed by atoms with E-state index >= 15 is 0 Å². The molecular formula is C35H45F2N11O4. The average Bonchev–Trinajstić information content (AvgIpc) is 3.82. The van der Waals surface area contributed by atoms with Crippen LogP contribution in [0, 0.1) is 11.3 Å². The first-order chi connectivity index (χ1) is 25.3. The standard InChI is InChI=1S/C35H45F2N11O4/c1-4-6-30(21-49)46(3)28-9-11-29(12-10-28)48-20-31(34(43-48)51-14-5-13-50-22-33(36)37)42-35-39-17-27(18-40-35)25-7-8-26(16-38)32(15-25)52-24(2)19-47-23-41-44-45-47/h4,7-8,15,17-18,20,23-24,28-30,33,49H,1,5-6,9-14,19,21-22H2,2-3H3,(H,39,40,42)/t24-,28?,29?,30+/m0/s1. The van der Waals surface area contributed by atoms with Gasteiger partial charge >= 0.3 is 0 Å². The Morgan fingerprint density at radius 2 is 1.96 bits per heavy atom. The van der Waals surface area contributed by atoms with Gasteiger partial charge in [0.25, 0.3) is 12.3 Å². The van der Waals surface area contributed by atoms with Crippen LogP contribution < -0.4 is 14.8 Å². The number of ether oxygens (including phenoxy) is 3. The quantitative estimate of drug-likeness (QED) is 0.0941. The minimum Gasteiger partial charge on any atom is -0.487 e. The molecule has 0 amide bonds. The third-order valence-corrected chi connectivity index (χ3v) is 8.95. The van der Waals surface area contributed by atoms with Crippen LogP contribution in [0.4, 0.5) is 20.4 Å². The van der Waals surface area contributed by atoms with Gasteiger partial charge in [-0.3, -0.25) is 9.58 Å². The van der Waals surface area contributed by atoms with Crippen molar-refractivity contribution in [3.8, 4) is 28.8 Å². The number of nitriles is 1. The normalized spacial score (nSPS) is 17.1. The molecule has 15 nitrogen and oxygen atoms in total. The summed E-state index contributed by atoms with van der Waals surface area (Å²) in [6.45, 7) is 5.91. The van der Waals surface area contributed by atoms with Crippen LogP contribution in [-0.2, 0) is 11.3 Å². The minimum atomic E-state index is -2.52. The van der Waals surface area contributed by atoms with Gasteiger partial charge in [0.15, 0.2) is 0 Å². The number of aliphatic hydroxyl groups is 1. The van der Waals surface area contributed by atoms with Crippen LogP contribution in [0.1, 0.15) is 57.1 Å². The lowest BCUT2D eigenvalue weighted by molar-refractivity contribution is 0.0137. The second-order valence-electron chi connectivity index (χ2n) is 12.7. The van der Waals surface area contributed by atoms with Gasteiger partial charge in [-0.05, 0) is 74.2 Å². The zero-order valence-electron chi connectivity index (χ0n) is 29.4. The Morgan fingerprint density at radius 3 is 2.63 bits per heavy atom. The number of aliphatic hydroxyl groups excluding tert-OH is 1. The Morgan fingerprint density at radius 1 is 1.17 bits per heavy atom. The molecule has 278 valence electrons. The molecule has 1 aliphatic rings. The van der Waals surface area contributed by atoms with Gasteiger partial charge in [-0.1, -0.05) is 12.1 Å². The fourth-order valence-electron chi connectivity index (χ4n) is 6.18. The molecule has 0 radical (unpaired) electrons. The van der Waals surface area contributed by atoms with E-state index in [9.17, 15) is 19.1 Å². The van der Waals surface area contributed by atoms with Crippen molar-refractivity contribution in [3.05, 3.63) is 61.3 Å². The molecule has 5 rings (SSSR count). The van der Waals surface area contributed by atoms with Gasteiger partial charge in [-0.15, -0.1) is 16.8 Å². The topological polar surface area (TPSA) is 174 Å². The summed E-state index contributed by atoms with van der Waals surface area (Å²) in [5, 5.41) is 38.6. The van der Waals surface area contributed by atoms with E-state index in [-0.39, 0.29) is 38.0 Å². The number of benzene rings is 1. The van der Waals surface area contributed by atoms with Crippen molar-refractivity contribution in [1.29, 1.82) is 5.26 Å². The van der Waals surface area contributed by atoms with E-state index in [1.54, 1.807) is 35.3 Å². The fraction of sp³-hybridized carbons (Fsp3) is 0.514. The number of aromatic nitrogens is 8. The molecule has 52 heavy (non-hydrogen) atoms. The first-order valence-corrected chi connectivity index (χ1v) is 17.3. The second kappa shape index (κ2) is 19.0. The first kappa shape index (κ1) is 38.2. The fourth-order valence-corrected chi connectivity index (χ4v) is 6.18. The lowest BCUT2D eigenvalue weighted by Crippen LogP contribution is -2.44. The molecule has 0 aliphatic heterocycles. The summed E-state index contributed by atoms with van der Waals surface area (Å²) in [6.07, 6.45) is 10.5. The summed E-state index contributed by atoms with van der Waals surface area (Å²) in [5.74, 6) is 1.08. The number of hydrogen-bond donors (Lipinski definition) is 2. The largest absolute Gasteiger partial charge is 0.487 e. The molecule has 1 aromatic carbocycles. The minimum absolute atomic E-state index is 0.0423. The third kappa shape index (κ3) is 10.5. The van der Waals surface area contributed by atoms with Crippen LogP contribution in [0.15, 0.2) is 55.8 Å². The van der Waals surface area contributed by atoms with E-state index in [0.717, 1.165) is 37.7 Å². The van der Waals surface area contributed by atoms with Gasteiger partial charge in [0.2, 0.25) is 5.95 Å². The van der Waals surface area contributed by atoms with Crippen LogP contribution in [0.3, 0.4) is 0 Å². The number of anilines is 2. The smallest absolute Gasteiger partial charge is 0.261 e. The molecule has 1 aliphatic carbocycles. The number of likely N-dealkylation sites (N-methyl/N-ethyl adjacent to an activating group) is 1. The molecule has 0 spiro atoms. The summed E-state index contributed by atoms with van der Waals surface area (Å²) in [5.41, 5.74) is 2.43. The van der Waals surface area contributed by atoms with Gasteiger partial charge in [0, 0.05) is 36.5 Å². The Kier molecular flexibility index (Phi) is 13.9. The molecule has 0 bridgehead atoms. The molecule has 1 fully saturated rings. The molecular weight excluding hydrogens is 676 g/mol. The van der Waals surface area contributed by atoms with Gasteiger partial charge in [-0.2, -0.15) is 5.26 Å². The van der Waals surface area contributed by atoms with Crippen LogP contribution in [0.2, 0.25) is 0 Å². The molecule has 4 aromatic rings. The third-order valence-electron chi connectivity index (χ3n) is 8.95. The molecule has 3 aromatic heterocycles. The zero-order valence-corrected chi connectivity index (χ0v) is 29.4. The van der Waals surface area contributed by atoms with Crippen LogP contribution in [0.5, 0.6) is 11.6 Å². The maximum atomic E-state index is 12.5. The number of tetrazole rings is 1. The molecule has 1 saturated carbocycles. The Balaban J connectivity index is 1.27. The summed E-state index contributed by atoms with van der Waals surface area (Å²) in [6, 6.07) is 7.96. The van der Waals surface area contributed by atoms with Crippen LogP contribution in [-0.4, -0.2) is 108 Å². The highest BCUT2D eigenvalue weighted by atomic mass is 19.3. The Hall–Kier alpha value is -5.05. The van der Waals surface area contributed by atoms with E-state index in [4.69, 9.17) is 19.3 Å². The number of halogens is 2. The number of hydrogen-bond acceptors (Lipinski definition) is 13. The van der Waals surface area contributed by atoms with E-state index in [1.807, 2.05) is 23.9 Å². The van der Waals surface area contributed by atoms with E-state index < -0.39 is 13.0 Å². The SMILES string of the molecule is C=CC[C@H](CO)N(C)C1CCC(n2cc(Nc3ncc(-c4ccc(C#N)c(O[C@@H](C)Cn5cnnn5)c4)cn3)c(OCCCOCC(F)F)n2)CC1. The lowest BCUT2D eigenvalue weighted by atomic mass is 9.89. The highest BCUT2D eigenvalue weighted by Gasteiger charge is 2.29. The van der Waals surface area contributed by atoms with Crippen molar-refractivity contribution >= 4 is 11.6 Å². The van der Waals surface area contributed by atoms with Gasteiger partial charge in [0.1, 0.15) is 36.5 Å². The van der Waals surface area contributed by atoms with Crippen LogP contribution in [0.25, 0.3) is 11.1 Å².